The fraction of sp³-hybridized carbons (Fsp3) is 0.760. The number of thioether (sulfide) groups is 2. The largest absolute Gasteiger partial charge is 0.497 e. The summed E-state index contributed by atoms with van der Waals surface area (Å²) < 4.78 is 11.5. The number of hydrogen-bond donors (Lipinski definition) is 0. The minimum atomic E-state index is -0.0405. The molecule has 0 bridgehead atoms. The van der Waals surface area contributed by atoms with E-state index in [-0.39, 0.29) is 55.1 Å². The maximum absolute atomic E-state index is 5.76. The van der Waals surface area contributed by atoms with Crippen LogP contribution in [-0.2, 0) is 9.47 Å². The molecule has 0 fully saturated rings. The number of ether oxygens (including phenoxy) is 2. The zero-order valence-corrected chi connectivity index (χ0v) is 84.6. The highest BCUT2D eigenvalue weighted by molar-refractivity contribution is 8.04. The van der Waals surface area contributed by atoms with Gasteiger partial charge in [-0.3, -0.25) is 0 Å². The molecule has 0 N–H and O–H groups in total. The van der Waals surface area contributed by atoms with Gasteiger partial charge in [-0.05, 0) is 334 Å². The van der Waals surface area contributed by atoms with Crippen LogP contribution in [0.25, 0.3) is 0 Å². The Morgan fingerprint density at radius 3 is 0.936 bits per heavy atom. The molecule has 0 radical (unpaired) electrons. The van der Waals surface area contributed by atoms with E-state index in [1.807, 2.05) is 37.4 Å². The topological polar surface area (TPSA) is 34.7 Å². The van der Waals surface area contributed by atoms with Crippen LogP contribution in [0.4, 0.5) is 5.69 Å². The molecular formula is C100H179N5O2S2. The van der Waals surface area contributed by atoms with Gasteiger partial charge < -0.3 is 34.0 Å². The van der Waals surface area contributed by atoms with Gasteiger partial charge in [0, 0.05) is 126 Å². The smallest absolute Gasteiger partial charge is 0.112 e. The van der Waals surface area contributed by atoms with Gasteiger partial charge in [0.2, 0.25) is 0 Å². The minimum Gasteiger partial charge on any atom is -0.497 e. The van der Waals surface area contributed by atoms with Crippen molar-refractivity contribution in [2.45, 2.75) is 417 Å². The molecule has 0 spiro atoms. The van der Waals surface area contributed by atoms with Crippen LogP contribution in [0.1, 0.15) is 371 Å². The van der Waals surface area contributed by atoms with Crippen LogP contribution in [0.5, 0.6) is 0 Å². The van der Waals surface area contributed by atoms with E-state index in [9.17, 15) is 0 Å². The second-order valence-corrected chi connectivity index (χ2v) is 47.2. The summed E-state index contributed by atoms with van der Waals surface area (Å²) in [7, 11) is 4.35. The molecule has 7 nitrogen and oxygen atoms in total. The highest BCUT2D eigenvalue weighted by Gasteiger charge is 2.54. The van der Waals surface area contributed by atoms with Crippen LogP contribution in [0, 0.1) is 57.2 Å². The normalized spacial score (nSPS) is 24.7. The molecule has 1 aromatic rings. The van der Waals surface area contributed by atoms with E-state index >= 15 is 0 Å². The number of anilines is 1. The quantitative estimate of drug-likeness (QED) is 0.256. The number of para-hydroxylation sites is 1. The number of nitrogens with zero attached hydrogens (tertiary/aromatic N) is 5. The van der Waals surface area contributed by atoms with Gasteiger partial charge in [0.25, 0.3) is 0 Å². The van der Waals surface area contributed by atoms with Crippen LogP contribution >= 0.6 is 23.5 Å². The second kappa shape index (κ2) is 33.8. The van der Waals surface area contributed by atoms with Crippen molar-refractivity contribution in [3.8, 4) is 0 Å². The minimum absolute atomic E-state index is 0.0405. The lowest BCUT2D eigenvalue weighted by Gasteiger charge is -2.50. The molecule has 0 unspecified atom stereocenters. The van der Waals surface area contributed by atoms with Gasteiger partial charge in [0.15, 0.2) is 0 Å². The van der Waals surface area contributed by atoms with Crippen molar-refractivity contribution in [2.75, 3.05) is 44.4 Å². The molecule has 0 aromatic heterocycles. The number of hydrogen-bond acceptors (Lipinski definition) is 9. The summed E-state index contributed by atoms with van der Waals surface area (Å²) in [6.45, 7) is 126. The van der Waals surface area contributed by atoms with E-state index in [4.69, 9.17) is 9.47 Å². The average molecular weight is 1550 g/mol. The SMILES string of the molecule is CC1=C(C)C(C)(C)C(C)(C)N1C.CC1=C(C)C(C)(C)C(C)(C)N1C(C)(C)C.CC1=C(C)C(C)(C)C(C)(C)O1.CC1=C(C)C(C)(C)C(C)(C)S1.CC1=C(C)C(C)(C)CN1C.CC1=C(C)C(C)(C)CN1C(C)(C)C.CC1=C(C)C(C)(C)CO1.CC1=C(C)C(C)(C)CS1.CC1=C(C)C(C)(C)N(c2c(C)cccc2C)C1(C)C. The first kappa shape index (κ1) is 101. The predicted octanol–water partition coefficient (Wildman–Crippen LogP) is 30.3. The third kappa shape index (κ3) is 20.5. The van der Waals surface area contributed by atoms with Gasteiger partial charge in [-0.2, -0.15) is 0 Å². The Balaban J connectivity index is 0.000000420. The third-order valence-corrected chi connectivity index (χ3v) is 34.6. The van der Waals surface area contributed by atoms with E-state index in [0.29, 0.717) is 31.8 Å². The van der Waals surface area contributed by atoms with Crippen LogP contribution in [0.3, 0.4) is 0 Å². The maximum Gasteiger partial charge on any atom is 0.112 e. The van der Waals surface area contributed by atoms with E-state index in [2.05, 4.69) is 417 Å². The second-order valence-electron chi connectivity index (χ2n) is 44.1. The average Bonchev–Trinajstić information content (AvgIpc) is 1.58. The lowest BCUT2D eigenvalue weighted by atomic mass is 9.71. The molecule has 1 aromatic carbocycles. The van der Waals surface area contributed by atoms with Crippen molar-refractivity contribution in [2.24, 2.45) is 43.3 Å². The van der Waals surface area contributed by atoms with Crippen LogP contribution in [-0.4, -0.2) is 103 Å². The fourth-order valence-electron chi connectivity index (χ4n) is 17.4. The zero-order valence-electron chi connectivity index (χ0n) is 82.9. The van der Waals surface area contributed by atoms with Gasteiger partial charge in [0.1, 0.15) is 5.60 Å². The lowest BCUT2D eigenvalue weighted by Crippen LogP contribution is -2.55. The first-order valence-corrected chi connectivity index (χ1v) is 43.5. The molecule has 9 aliphatic rings. The third-order valence-electron chi connectivity index (χ3n) is 31.3. The predicted molar refractivity (Wildman–Crippen MR) is 494 cm³/mol. The summed E-state index contributed by atoms with van der Waals surface area (Å²) in [6, 6.07) is 6.59. The molecule has 9 heterocycles. The first-order valence-electron chi connectivity index (χ1n) is 41.7. The monoisotopic (exact) mass is 1550 g/mol. The van der Waals surface area contributed by atoms with E-state index in [1.54, 1.807) is 16.7 Å². The first-order chi connectivity index (χ1) is 48.0. The molecule has 0 saturated carbocycles. The van der Waals surface area contributed by atoms with Crippen LogP contribution in [0.15, 0.2) is 118 Å². The summed E-state index contributed by atoms with van der Waals surface area (Å²) in [4.78, 5) is 15.5. The number of rotatable bonds is 1. The van der Waals surface area contributed by atoms with Gasteiger partial charge in [-0.15, -0.1) is 23.5 Å². The number of benzene rings is 1. The molecule has 109 heavy (non-hydrogen) atoms. The van der Waals surface area contributed by atoms with Gasteiger partial charge in [0.05, 0.1) is 29.2 Å². The highest BCUT2D eigenvalue weighted by atomic mass is 32.2. The van der Waals surface area contributed by atoms with E-state index in [1.165, 1.54) is 101 Å². The van der Waals surface area contributed by atoms with Gasteiger partial charge >= 0.3 is 0 Å². The summed E-state index contributed by atoms with van der Waals surface area (Å²) in [5.74, 6) is 3.48. The van der Waals surface area contributed by atoms with Crippen molar-refractivity contribution in [3.05, 3.63) is 129 Å². The molecule has 9 aliphatic heterocycles. The summed E-state index contributed by atoms with van der Waals surface area (Å²) >= 11 is 4.01. The van der Waals surface area contributed by atoms with Crippen molar-refractivity contribution < 1.29 is 9.47 Å². The molecule has 9 heteroatoms. The Morgan fingerprint density at radius 2 is 0.780 bits per heavy atom. The highest BCUT2D eigenvalue weighted by Crippen LogP contribution is 2.58. The molecule has 10 rings (SSSR count). The Hall–Kier alpha value is -3.82. The fourth-order valence-corrected chi connectivity index (χ4v) is 20.2. The van der Waals surface area contributed by atoms with E-state index in [0.717, 1.165) is 24.7 Å². The van der Waals surface area contributed by atoms with Crippen LogP contribution in [0.2, 0.25) is 0 Å². The summed E-state index contributed by atoms with van der Waals surface area (Å²) in [5.41, 5.74) is 28.6. The molecule has 0 aliphatic carbocycles. The van der Waals surface area contributed by atoms with Crippen molar-refractivity contribution >= 4 is 29.2 Å². The number of allylic oxidation sites excluding steroid dienone is 10. The summed E-state index contributed by atoms with van der Waals surface area (Å²) in [5, 5.41) is 0. The Labute approximate surface area is 688 Å². The Bertz CT molecular complexity index is 3610. The summed E-state index contributed by atoms with van der Waals surface area (Å²) in [6.07, 6.45) is 0. The molecule has 628 valence electrons. The molecule has 0 atom stereocenters. The number of aryl methyl sites for hydroxylation is 2. The van der Waals surface area contributed by atoms with Gasteiger partial charge in [-0.1, -0.05) is 140 Å². The molecular weight excluding hydrogens is 1370 g/mol. The molecule has 0 saturated heterocycles. The Kier molecular flexibility index (Phi) is 31.4. The maximum atomic E-state index is 5.76. The van der Waals surface area contributed by atoms with Gasteiger partial charge in [-0.25, -0.2) is 0 Å². The van der Waals surface area contributed by atoms with Crippen LogP contribution < -0.4 is 4.90 Å². The zero-order chi connectivity index (χ0) is 86.8. The lowest BCUT2D eigenvalue weighted by molar-refractivity contribution is -0.00761. The van der Waals surface area contributed by atoms with Crippen molar-refractivity contribution in [1.29, 1.82) is 0 Å². The van der Waals surface area contributed by atoms with Crippen molar-refractivity contribution in [1.82, 2.24) is 19.6 Å². The molecule has 0 amide bonds. The van der Waals surface area contributed by atoms with Crippen molar-refractivity contribution in [3.63, 3.8) is 0 Å². The van der Waals surface area contributed by atoms with E-state index < -0.39 is 0 Å². The standard InChI is InChI=1S/C18H27N.C14H27N.C12H23N.C11H21N.C10H18O.C10H18S.C9H17N.C8H14O.C8H14S/c1-12-10-9-11-13(2)16(12)19-17(5,6)14(3)15(4)18(19,7)8;1-10-11(2)15(12(3,4)5)14(8,9)13(10,6)7;1-9-10(2)13(11(3,4)5)8-12(9,6)7;1-8-9(2)12(7)11(5,6)10(8,3)4;2*1-7-8(2)11-10(5,6)9(7,3)4;1-7-8(2)10(5)6-9(7,3)4;2*1-6-7(2)9-5-8(6,3)4/h9-11H,1-8H3;1-9H3;8H2,1-7H3;1-7H3;2*1-6H3;6H2,1-5H3;2*5H2,1-4H3. The Morgan fingerprint density at radius 1 is 0.367 bits per heavy atom.